The Morgan fingerprint density at radius 1 is 1.16 bits per heavy atom. The maximum atomic E-state index is 12.7. The molecule has 2 amide bonds. The van der Waals surface area contributed by atoms with E-state index in [1.165, 1.54) is 16.9 Å². The molecule has 0 bridgehead atoms. The maximum Gasteiger partial charge on any atom is 0.230 e. The van der Waals surface area contributed by atoms with Crippen LogP contribution in [0.15, 0.2) is 48.5 Å². The normalized spacial score (nSPS) is 17.3. The molecule has 1 aromatic heterocycles. The Morgan fingerprint density at radius 2 is 1.94 bits per heavy atom. The third-order valence-corrected chi connectivity index (χ3v) is 7.15. The summed E-state index contributed by atoms with van der Waals surface area (Å²) in [5.74, 6) is 0.470. The van der Waals surface area contributed by atoms with Crippen LogP contribution in [-0.2, 0) is 22.4 Å². The van der Waals surface area contributed by atoms with Crippen LogP contribution in [0.25, 0.3) is 11.3 Å². The molecule has 5 rings (SSSR count). The number of nitrogens with zero attached hydrogens (tertiary/aromatic N) is 2. The van der Waals surface area contributed by atoms with Crippen LogP contribution < -0.4 is 10.2 Å². The topological polar surface area (TPSA) is 62.3 Å². The molecule has 0 saturated heterocycles. The maximum absolute atomic E-state index is 12.7. The number of hydrogen-bond donors (Lipinski definition) is 1. The molecule has 1 atom stereocenters. The first kappa shape index (κ1) is 20.9. The van der Waals surface area contributed by atoms with Gasteiger partial charge in [0.2, 0.25) is 11.8 Å². The van der Waals surface area contributed by atoms with E-state index in [-0.39, 0.29) is 23.8 Å². The smallest absolute Gasteiger partial charge is 0.230 e. The standard InChI is InChI=1S/C26H27N3O2S/c1-16-14-21-15-20(11-12-22(21)29(16)25(31)19-9-10-19)24-17(2)32-26(28-24)27-23(30)13-8-18-6-4-3-5-7-18/h3-7,11-12,15-16,19H,8-10,13-14H2,1-2H3,(H,27,28,30)/t16-/m1/s1. The van der Waals surface area contributed by atoms with Gasteiger partial charge in [0.05, 0.1) is 5.69 Å². The fraction of sp³-hybridized carbons (Fsp3) is 0.346. The molecule has 6 heteroatoms. The third-order valence-electron chi connectivity index (χ3n) is 6.26. The number of carbonyl (C=O) groups is 2. The quantitative estimate of drug-likeness (QED) is 0.554. The Labute approximate surface area is 192 Å². The van der Waals surface area contributed by atoms with Gasteiger partial charge in [0.1, 0.15) is 0 Å². The van der Waals surface area contributed by atoms with Crippen LogP contribution in [-0.4, -0.2) is 22.8 Å². The van der Waals surface area contributed by atoms with E-state index in [1.807, 2.05) is 48.2 Å². The average Bonchev–Trinajstić information content (AvgIpc) is 3.50. The number of aryl methyl sites for hydroxylation is 2. The number of amides is 2. The molecular formula is C26H27N3O2S. The second-order valence-corrected chi connectivity index (χ2v) is 10.0. The molecule has 164 valence electrons. The minimum absolute atomic E-state index is 0.0221. The van der Waals surface area contributed by atoms with Gasteiger partial charge in [0.25, 0.3) is 0 Å². The molecule has 1 N–H and O–H groups in total. The zero-order chi connectivity index (χ0) is 22.2. The summed E-state index contributed by atoms with van der Waals surface area (Å²) in [6.45, 7) is 4.16. The van der Waals surface area contributed by atoms with Crippen molar-refractivity contribution in [3.8, 4) is 11.3 Å². The molecule has 2 aliphatic rings. The van der Waals surface area contributed by atoms with Gasteiger partial charge in [-0.3, -0.25) is 9.59 Å². The summed E-state index contributed by atoms with van der Waals surface area (Å²) in [5, 5.41) is 3.59. The number of rotatable bonds is 6. The first-order chi connectivity index (χ1) is 15.5. The first-order valence-electron chi connectivity index (χ1n) is 11.3. The van der Waals surface area contributed by atoms with E-state index in [1.54, 1.807) is 0 Å². The summed E-state index contributed by atoms with van der Waals surface area (Å²) >= 11 is 1.50. The predicted molar refractivity (Wildman–Crippen MR) is 129 cm³/mol. The van der Waals surface area contributed by atoms with E-state index < -0.39 is 0 Å². The van der Waals surface area contributed by atoms with Crippen molar-refractivity contribution in [3.05, 3.63) is 64.5 Å². The van der Waals surface area contributed by atoms with E-state index in [9.17, 15) is 9.59 Å². The molecule has 1 saturated carbocycles. The number of anilines is 2. The lowest BCUT2D eigenvalue weighted by Crippen LogP contribution is -2.36. The van der Waals surface area contributed by atoms with E-state index in [2.05, 4.69) is 24.4 Å². The van der Waals surface area contributed by atoms with Gasteiger partial charge in [-0.05, 0) is 62.8 Å². The minimum Gasteiger partial charge on any atom is -0.309 e. The highest BCUT2D eigenvalue weighted by Crippen LogP contribution is 2.41. The number of thiazole rings is 1. The monoisotopic (exact) mass is 445 g/mol. The summed E-state index contributed by atoms with van der Waals surface area (Å²) in [6, 6.07) is 16.5. The molecule has 0 unspecified atom stereocenters. The fourth-order valence-electron chi connectivity index (χ4n) is 4.44. The summed E-state index contributed by atoms with van der Waals surface area (Å²) in [7, 11) is 0. The first-order valence-corrected chi connectivity index (χ1v) is 12.1. The second kappa shape index (κ2) is 8.51. The van der Waals surface area contributed by atoms with Crippen molar-refractivity contribution in [3.63, 3.8) is 0 Å². The lowest BCUT2D eigenvalue weighted by Gasteiger charge is -2.22. The summed E-state index contributed by atoms with van der Waals surface area (Å²) < 4.78 is 0. The van der Waals surface area contributed by atoms with E-state index in [4.69, 9.17) is 4.98 Å². The number of nitrogens with one attached hydrogen (secondary N) is 1. The number of benzene rings is 2. The van der Waals surface area contributed by atoms with E-state index in [0.29, 0.717) is 18.0 Å². The highest BCUT2D eigenvalue weighted by Gasteiger charge is 2.39. The molecule has 1 fully saturated rings. The van der Waals surface area contributed by atoms with Crippen molar-refractivity contribution in [1.29, 1.82) is 0 Å². The van der Waals surface area contributed by atoms with E-state index >= 15 is 0 Å². The van der Waals surface area contributed by atoms with Gasteiger partial charge >= 0.3 is 0 Å². The zero-order valence-electron chi connectivity index (χ0n) is 18.4. The van der Waals surface area contributed by atoms with Gasteiger partial charge < -0.3 is 10.2 Å². The van der Waals surface area contributed by atoms with Crippen molar-refractivity contribution in [1.82, 2.24) is 4.98 Å². The number of carbonyl (C=O) groups excluding carboxylic acids is 2. The summed E-state index contributed by atoms with van der Waals surface area (Å²) in [6.07, 6.45) is 4.05. The largest absolute Gasteiger partial charge is 0.309 e. The van der Waals surface area contributed by atoms with Gasteiger partial charge in [0, 0.05) is 34.5 Å². The summed E-state index contributed by atoms with van der Waals surface area (Å²) in [5.41, 5.74) is 5.33. The molecule has 0 spiro atoms. The number of aromatic nitrogens is 1. The molecule has 32 heavy (non-hydrogen) atoms. The van der Waals surface area contributed by atoms with Crippen LogP contribution in [0.5, 0.6) is 0 Å². The average molecular weight is 446 g/mol. The van der Waals surface area contributed by atoms with Crippen LogP contribution in [0.1, 0.15) is 42.2 Å². The van der Waals surface area contributed by atoms with Crippen molar-refractivity contribution < 1.29 is 9.59 Å². The Hall–Kier alpha value is -2.99. The minimum atomic E-state index is -0.0221. The van der Waals surface area contributed by atoms with E-state index in [0.717, 1.165) is 46.6 Å². The Morgan fingerprint density at radius 3 is 2.69 bits per heavy atom. The Bertz CT molecular complexity index is 1170. The molecule has 1 aliphatic heterocycles. The van der Waals surface area contributed by atoms with Gasteiger partial charge in [-0.2, -0.15) is 0 Å². The molecular weight excluding hydrogens is 418 g/mol. The van der Waals surface area contributed by atoms with Crippen LogP contribution in [0.2, 0.25) is 0 Å². The fourth-order valence-corrected chi connectivity index (χ4v) is 5.30. The summed E-state index contributed by atoms with van der Waals surface area (Å²) in [4.78, 5) is 32.9. The van der Waals surface area contributed by atoms with Crippen molar-refractivity contribution in [2.75, 3.05) is 10.2 Å². The SMILES string of the molecule is Cc1sc(NC(=O)CCc2ccccc2)nc1-c1ccc2c(c1)C[C@@H](C)N2C(=O)C1CC1. The van der Waals surface area contributed by atoms with Crippen molar-refractivity contribution in [2.45, 2.75) is 52.0 Å². The lowest BCUT2D eigenvalue weighted by molar-refractivity contribution is -0.120. The molecule has 3 aromatic rings. The third kappa shape index (κ3) is 4.19. The van der Waals surface area contributed by atoms with Gasteiger partial charge in [0.15, 0.2) is 5.13 Å². The lowest BCUT2D eigenvalue weighted by atomic mass is 10.0. The van der Waals surface area contributed by atoms with Gasteiger partial charge in [-0.1, -0.05) is 36.4 Å². The second-order valence-electron chi connectivity index (χ2n) is 8.84. The molecule has 2 aromatic carbocycles. The highest BCUT2D eigenvalue weighted by atomic mass is 32.1. The molecule has 0 radical (unpaired) electrons. The Kier molecular flexibility index (Phi) is 5.55. The van der Waals surface area contributed by atoms with Crippen molar-refractivity contribution in [2.24, 2.45) is 5.92 Å². The zero-order valence-corrected chi connectivity index (χ0v) is 19.2. The van der Waals surface area contributed by atoms with Crippen LogP contribution in [0.4, 0.5) is 10.8 Å². The highest BCUT2D eigenvalue weighted by molar-refractivity contribution is 7.16. The number of hydrogen-bond acceptors (Lipinski definition) is 4. The predicted octanol–water partition coefficient (Wildman–Crippen LogP) is 5.38. The van der Waals surface area contributed by atoms with Gasteiger partial charge in [-0.15, -0.1) is 11.3 Å². The van der Waals surface area contributed by atoms with Crippen LogP contribution in [0, 0.1) is 12.8 Å². The van der Waals surface area contributed by atoms with Crippen LogP contribution in [0.3, 0.4) is 0 Å². The molecule has 1 aliphatic carbocycles. The Balaban J connectivity index is 1.29. The van der Waals surface area contributed by atoms with Crippen molar-refractivity contribution >= 4 is 34.0 Å². The molecule has 5 nitrogen and oxygen atoms in total. The van der Waals surface area contributed by atoms with Gasteiger partial charge in [-0.25, -0.2) is 4.98 Å². The van der Waals surface area contributed by atoms with Crippen LogP contribution >= 0.6 is 11.3 Å². The molecule has 2 heterocycles. The number of fused-ring (bicyclic) bond motifs is 1.